The number of nitrogens with one attached hydrogen (secondary N) is 1. The Morgan fingerprint density at radius 3 is 2.63 bits per heavy atom. The highest BCUT2D eigenvalue weighted by molar-refractivity contribution is 5.75. The van der Waals surface area contributed by atoms with Crippen LogP contribution in [0.2, 0.25) is 0 Å². The van der Waals surface area contributed by atoms with Crippen molar-refractivity contribution in [2.75, 3.05) is 27.2 Å². The fourth-order valence-corrected chi connectivity index (χ4v) is 2.85. The average molecular weight is 270 g/mol. The number of ether oxygens (including phenoxy) is 1. The first-order chi connectivity index (χ1) is 9.19. The zero-order chi connectivity index (χ0) is 14.1. The van der Waals surface area contributed by atoms with Gasteiger partial charge in [0.25, 0.3) is 0 Å². The first-order valence-electron chi connectivity index (χ1n) is 7.70. The van der Waals surface area contributed by atoms with Crippen LogP contribution in [0.3, 0.4) is 0 Å². The molecule has 1 N–H and O–H groups in total. The van der Waals surface area contributed by atoms with Crippen LogP contribution in [-0.4, -0.2) is 50.2 Å². The second-order valence-corrected chi connectivity index (χ2v) is 5.56. The molecule has 0 radical (unpaired) electrons. The van der Waals surface area contributed by atoms with E-state index < -0.39 is 0 Å². The van der Waals surface area contributed by atoms with Crippen molar-refractivity contribution < 1.29 is 9.53 Å². The number of carbonyl (C=O) groups is 1. The second-order valence-electron chi connectivity index (χ2n) is 5.56. The van der Waals surface area contributed by atoms with E-state index in [-0.39, 0.29) is 12.0 Å². The molecule has 1 rings (SSSR count). The highest BCUT2D eigenvalue weighted by Crippen LogP contribution is 2.21. The Morgan fingerprint density at radius 1 is 1.37 bits per heavy atom. The maximum absolute atomic E-state index is 11.4. The van der Waals surface area contributed by atoms with Crippen molar-refractivity contribution in [1.29, 1.82) is 0 Å². The summed E-state index contributed by atoms with van der Waals surface area (Å²) in [6.45, 7) is 3.99. The number of hydrogen-bond donors (Lipinski definition) is 1. The van der Waals surface area contributed by atoms with Gasteiger partial charge in [-0.2, -0.15) is 0 Å². The lowest BCUT2D eigenvalue weighted by atomic mass is 9.94. The summed E-state index contributed by atoms with van der Waals surface area (Å²) in [6, 6.07) is 0.626. The van der Waals surface area contributed by atoms with E-state index >= 15 is 0 Å². The Labute approximate surface area is 117 Å². The summed E-state index contributed by atoms with van der Waals surface area (Å²) in [4.78, 5) is 13.9. The SMILES string of the molecule is CCC(NCCCN(C)C1CCCCC1)C(=O)OC. The van der Waals surface area contributed by atoms with Gasteiger partial charge in [-0.25, -0.2) is 0 Å². The lowest BCUT2D eigenvalue weighted by molar-refractivity contribution is -0.143. The average Bonchev–Trinajstić information content (AvgIpc) is 2.47. The molecule has 1 atom stereocenters. The number of carbonyl (C=O) groups excluding carboxylic acids is 1. The van der Waals surface area contributed by atoms with Crippen molar-refractivity contribution in [1.82, 2.24) is 10.2 Å². The minimum absolute atomic E-state index is 0.148. The third-order valence-electron chi connectivity index (χ3n) is 4.17. The van der Waals surface area contributed by atoms with Crippen LogP contribution < -0.4 is 5.32 Å². The molecule has 0 spiro atoms. The van der Waals surface area contributed by atoms with Crippen molar-refractivity contribution in [3.8, 4) is 0 Å². The minimum Gasteiger partial charge on any atom is -0.468 e. The van der Waals surface area contributed by atoms with Gasteiger partial charge in [0.1, 0.15) is 6.04 Å². The number of rotatable bonds is 8. The first-order valence-corrected chi connectivity index (χ1v) is 7.70. The summed E-state index contributed by atoms with van der Waals surface area (Å²) >= 11 is 0. The van der Waals surface area contributed by atoms with Crippen molar-refractivity contribution in [2.45, 2.75) is 64.0 Å². The van der Waals surface area contributed by atoms with Gasteiger partial charge in [0.2, 0.25) is 0 Å². The molecule has 0 aromatic rings. The summed E-state index contributed by atoms with van der Waals surface area (Å²) in [6.07, 6.45) is 8.74. The summed E-state index contributed by atoms with van der Waals surface area (Å²) in [5, 5.41) is 3.28. The predicted octanol–water partition coefficient (Wildman–Crippen LogP) is 2.18. The fraction of sp³-hybridized carbons (Fsp3) is 0.933. The smallest absolute Gasteiger partial charge is 0.322 e. The molecule has 112 valence electrons. The van der Waals surface area contributed by atoms with Crippen molar-refractivity contribution in [2.24, 2.45) is 0 Å². The zero-order valence-corrected chi connectivity index (χ0v) is 12.8. The van der Waals surface area contributed by atoms with E-state index in [1.165, 1.54) is 39.2 Å². The summed E-state index contributed by atoms with van der Waals surface area (Å²) in [5.41, 5.74) is 0. The summed E-state index contributed by atoms with van der Waals surface area (Å²) in [7, 11) is 3.68. The van der Waals surface area contributed by atoms with Gasteiger partial charge in [-0.3, -0.25) is 4.79 Å². The van der Waals surface area contributed by atoms with Gasteiger partial charge in [-0.1, -0.05) is 26.2 Å². The topological polar surface area (TPSA) is 41.6 Å². The summed E-state index contributed by atoms with van der Waals surface area (Å²) < 4.78 is 4.76. The van der Waals surface area contributed by atoms with Crippen LogP contribution in [0.5, 0.6) is 0 Å². The minimum atomic E-state index is -0.150. The number of nitrogens with zero attached hydrogens (tertiary/aromatic N) is 1. The molecule has 0 bridgehead atoms. The molecular weight excluding hydrogens is 240 g/mol. The number of methoxy groups -OCH3 is 1. The molecule has 1 aliphatic carbocycles. The van der Waals surface area contributed by atoms with Gasteiger partial charge in [-0.05, 0) is 45.8 Å². The molecule has 1 fully saturated rings. The third kappa shape index (κ3) is 5.91. The highest BCUT2D eigenvalue weighted by Gasteiger charge is 2.18. The Hall–Kier alpha value is -0.610. The quantitative estimate of drug-likeness (QED) is 0.542. The van der Waals surface area contributed by atoms with Gasteiger partial charge in [0.15, 0.2) is 0 Å². The van der Waals surface area contributed by atoms with Crippen molar-refractivity contribution in [3.63, 3.8) is 0 Å². The van der Waals surface area contributed by atoms with E-state index in [1.54, 1.807) is 0 Å². The monoisotopic (exact) mass is 270 g/mol. The molecule has 0 heterocycles. The molecule has 1 saturated carbocycles. The molecule has 0 amide bonds. The van der Waals surface area contributed by atoms with E-state index in [1.807, 2.05) is 6.92 Å². The van der Waals surface area contributed by atoms with Gasteiger partial charge < -0.3 is 15.0 Å². The van der Waals surface area contributed by atoms with E-state index in [4.69, 9.17) is 4.74 Å². The van der Waals surface area contributed by atoms with Crippen molar-refractivity contribution >= 4 is 5.97 Å². The van der Waals surface area contributed by atoms with Gasteiger partial charge in [-0.15, -0.1) is 0 Å². The third-order valence-corrected chi connectivity index (χ3v) is 4.17. The van der Waals surface area contributed by atoms with Crippen LogP contribution in [0.1, 0.15) is 51.9 Å². The highest BCUT2D eigenvalue weighted by atomic mass is 16.5. The van der Waals surface area contributed by atoms with Gasteiger partial charge in [0.05, 0.1) is 7.11 Å². The molecule has 0 saturated heterocycles. The van der Waals surface area contributed by atoms with Gasteiger partial charge in [0, 0.05) is 6.04 Å². The van der Waals surface area contributed by atoms with Gasteiger partial charge >= 0.3 is 5.97 Å². The maximum Gasteiger partial charge on any atom is 0.322 e. The van der Waals surface area contributed by atoms with Crippen LogP contribution in [0.15, 0.2) is 0 Å². The molecule has 1 aliphatic rings. The molecule has 4 heteroatoms. The predicted molar refractivity (Wildman–Crippen MR) is 78.2 cm³/mol. The van der Waals surface area contributed by atoms with Crippen molar-refractivity contribution in [3.05, 3.63) is 0 Å². The zero-order valence-electron chi connectivity index (χ0n) is 12.8. The molecule has 0 aromatic heterocycles. The molecule has 1 unspecified atom stereocenters. The van der Waals surface area contributed by atoms with Crippen LogP contribution in [0.4, 0.5) is 0 Å². The van der Waals surface area contributed by atoms with Crippen LogP contribution in [0, 0.1) is 0 Å². The Bertz CT molecular complexity index is 253. The second kappa shape index (κ2) is 9.32. The summed E-state index contributed by atoms with van der Waals surface area (Å²) in [5.74, 6) is -0.150. The molecule has 0 aromatic carbocycles. The van der Waals surface area contributed by atoms with E-state index in [0.29, 0.717) is 0 Å². The van der Waals surface area contributed by atoms with E-state index in [9.17, 15) is 4.79 Å². The fourth-order valence-electron chi connectivity index (χ4n) is 2.85. The molecule has 19 heavy (non-hydrogen) atoms. The lowest BCUT2D eigenvalue weighted by Crippen LogP contribution is -2.39. The molecule has 4 nitrogen and oxygen atoms in total. The largest absolute Gasteiger partial charge is 0.468 e. The van der Waals surface area contributed by atoms with Crippen LogP contribution >= 0.6 is 0 Å². The Kier molecular flexibility index (Phi) is 8.07. The van der Waals surface area contributed by atoms with Crippen LogP contribution in [0.25, 0.3) is 0 Å². The Morgan fingerprint density at radius 2 is 2.05 bits per heavy atom. The van der Waals surface area contributed by atoms with E-state index in [0.717, 1.165) is 32.0 Å². The number of hydrogen-bond acceptors (Lipinski definition) is 4. The number of esters is 1. The standard InChI is InChI=1S/C15H30N2O2/c1-4-14(15(18)19-3)16-11-8-12-17(2)13-9-6-5-7-10-13/h13-14,16H,4-12H2,1-3H3. The molecular formula is C15H30N2O2. The van der Waals surface area contributed by atoms with E-state index in [2.05, 4.69) is 17.3 Å². The Balaban J connectivity index is 2.13. The molecule has 0 aliphatic heterocycles. The lowest BCUT2D eigenvalue weighted by Gasteiger charge is -2.31. The first kappa shape index (κ1) is 16.4. The maximum atomic E-state index is 11.4. The van der Waals surface area contributed by atoms with Crippen LogP contribution in [-0.2, 0) is 9.53 Å². The normalized spacial score (nSPS) is 18.5.